The minimum absolute atomic E-state index is 0.0614. The fourth-order valence-corrected chi connectivity index (χ4v) is 2.89. The van der Waals surface area contributed by atoms with Gasteiger partial charge in [-0.05, 0) is 36.3 Å². The highest BCUT2D eigenvalue weighted by Crippen LogP contribution is 2.34. The van der Waals surface area contributed by atoms with Crippen molar-refractivity contribution in [3.05, 3.63) is 35.4 Å². The van der Waals surface area contributed by atoms with Crippen LogP contribution in [0.15, 0.2) is 24.3 Å². The molecule has 1 aliphatic heterocycles. The minimum atomic E-state index is -0.0659. The van der Waals surface area contributed by atoms with E-state index in [1.54, 1.807) is 0 Å². The number of fused-ring (bicyclic) bond motifs is 1. The summed E-state index contributed by atoms with van der Waals surface area (Å²) >= 11 is 0. The van der Waals surface area contributed by atoms with Crippen LogP contribution >= 0.6 is 0 Å². The van der Waals surface area contributed by atoms with E-state index in [1.165, 1.54) is 24.0 Å². The number of benzene rings is 1. The van der Waals surface area contributed by atoms with E-state index in [-0.39, 0.29) is 17.9 Å². The Hall–Kier alpha value is -1.19. The van der Waals surface area contributed by atoms with Gasteiger partial charge in [-0.2, -0.15) is 0 Å². The number of carbonyl (C=O) groups is 1. The van der Waals surface area contributed by atoms with E-state index >= 15 is 0 Å². The van der Waals surface area contributed by atoms with Crippen molar-refractivity contribution in [1.82, 2.24) is 0 Å². The van der Waals surface area contributed by atoms with Crippen LogP contribution in [0.1, 0.15) is 42.9 Å². The van der Waals surface area contributed by atoms with Crippen molar-refractivity contribution in [2.45, 2.75) is 44.2 Å². The Bertz CT molecular complexity index is 468. The number of carbonyl (C=O) groups excluding carboxylic acids is 1. The van der Waals surface area contributed by atoms with Crippen LogP contribution in [0.2, 0.25) is 0 Å². The molecule has 19 heavy (non-hydrogen) atoms. The molecule has 2 atom stereocenters. The molecule has 2 unspecified atom stereocenters. The molecule has 2 aliphatic rings. The number of ether oxygens (including phenoxy) is 1. The highest BCUT2D eigenvalue weighted by molar-refractivity contribution is 5.79. The van der Waals surface area contributed by atoms with Crippen molar-refractivity contribution < 1.29 is 9.53 Å². The van der Waals surface area contributed by atoms with Gasteiger partial charge in [0.15, 0.2) is 0 Å². The van der Waals surface area contributed by atoms with E-state index in [0.29, 0.717) is 25.4 Å². The summed E-state index contributed by atoms with van der Waals surface area (Å²) in [5.74, 6) is 0.824. The van der Waals surface area contributed by atoms with Gasteiger partial charge in [0.25, 0.3) is 0 Å². The monoisotopic (exact) mass is 259 g/mol. The van der Waals surface area contributed by atoms with E-state index in [0.717, 1.165) is 6.42 Å². The standard InChI is InChI=1S/C16H21NO2/c17-15(12-5-6-12)9-13(18)10-16-14-4-2-1-3-11(14)7-8-19-16/h1-4,12,15-16H,5-10,17H2. The van der Waals surface area contributed by atoms with Gasteiger partial charge in [0.1, 0.15) is 5.78 Å². The van der Waals surface area contributed by atoms with Gasteiger partial charge in [0.2, 0.25) is 0 Å². The summed E-state index contributed by atoms with van der Waals surface area (Å²) in [4.78, 5) is 12.1. The summed E-state index contributed by atoms with van der Waals surface area (Å²) in [5.41, 5.74) is 8.52. The van der Waals surface area contributed by atoms with Gasteiger partial charge in [0, 0.05) is 18.9 Å². The first-order valence-electron chi connectivity index (χ1n) is 7.20. The second-order valence-corrected chi connectivity index (χ2v) is 5.76. The topological polar surface area (TPSA) is 52.3 Å². The highest BCUT2D eigenvalue weighted by Gasteiger charge is 2.31. The average Bonchev–Trinajstić information content (AvgIpc) is 3.23. The second kappa shape index (κ2) is 5.43. The van der Waals surface area contributed by atoms with E-state index in [4.69, 9.17) is 10.5 Å². The maximum Gasteiger partial charge on any atom is 0.137 e. The molecule has 3 heteroatoms. The third-order valence-corrected chi connectivity index (χ3v) is 4.20. The van der Waals surface area contributed by atoms with Crippen molar-refractivity contribution >= 4 is 5.78 Å². The molecule has 0 aromatic heterocycles. The van der Waals surface area contributed by atoms with Gasteiger partial charge in [-0.15, -0.1) is 0 Å². The Kier molecular flexibility index (Phi) is 3.67. The van der Waals surface area contributed by atoms with Crippen LogP contribution in [0.5, 0.6) is 0 Å². The zero-order valence-electron chi connectivity index (χ0n) is 11.2. The van der Waals surface area contributed by atoms with Crippen LogP contribution in [0.25, 0.3) is 0 Å². The van der Waals surface area contributed by atoms with Gasteiger partial charge in [-0.1, -0.05) is 24.3 Å². The third kappa shape index (κ3) is 3.04. The molecule has 1 heterocycles. The Labute approximate surface area is 114 Å². The van der Waals surface area contributed by atoms with Crippen molar-refractivity contribution in [1.29, 1.82) is 0 Å². The first-order chi connectivity index (χ1) is 9.24. The average molecular weight is 259 g/mol. The number of hydrogen-bond donors (Lipinski definition) is 1. The molecule has 102 valence electrons. The molecular formula is C16H21NO2. The molecule has 0 amide bonds. The molecule has 0 spiro atoms. The van der Waals surface area contributed by atoms with Gasteiger partial charge in [0.05, 0.1) is 12.7 Å². The number of hydrogen-bond acceptors (Lipinski definition) is 3. The number of Topliss-reactive ketones (excluding diaryl/α,β-unsaturated/α-hetero) is 1. The molecule has 1 aromatic rings. The lowest BCUT2D eigenvalue weighted by Gasteiger charge is -2.26. The third-order valence-electron chi connectivity index (χ3n) is 4.20. The molecule has 0 bridgehead atoms. The Morgan fingerprint density at radius 2 is 2.16 bits per heavy atom. The summed E-state index contributed by atoms with van der Waals surface area (Å²) < 4.78 is 5.77. The Morgan fingerprint density at radius 1 is 1.37 bits per heavy atom. The molecular weight excluding hydrogens is 238 g/mol. The quantitative estimate of drug-likeness (QED) is 0.883. The van der Waals surface area contributed by atoms with Gasteiger partial charge < -0.3 is 10.5 Å². The van der Waals surface area contributed by atoms with E-state index in [9.17, 15) is 4.79 Å². The summed E-state index contributed by atoms with van der Waals surface area (Å²) in [6.45, 7) is 0.712. The molecule has 2 N–H and O–H groups in total. The fourth-order valence-electron chi connectivity index (χ4n) is 2.89. The van der Waals surface area contributed by atoms with Gasteiger partial charge in [-0.3, -0.25) is 4.79 Å². The zero-order chi connectivity index (χ0) is 13.2. The lowest BCUT2D eigenvalue weighted by molar-refractivity contribution is -0.122. The normalized spacial score (nSPS) is 23.7. The molecule has 1 fully saturated rings. The van der Waals surface area contributed by atoms with Crippen LogP contribution in [0, 0.1) is 5.92 Å². The number of nitrogens with two attached hydrogens (primary N) is 1. The van der Waals surface area contributed by atoms with Crippen molar-refractivity contribution in [3.63, 3.8) is 0 Å². The lowest BCUT2D eigenvalue weighted by atomic mass is 9.93. The van der Waals surface area contributed by atoms with E-state index in [1.807, 2.05) is 12.1 Å². The van der Waals surface area contributed by atoms with Crippen LogP contribution in [-0.2, 0) is 16.0 Å². The van der Waals surface area contributed by atoms with Crippen molar-refractivity contribution in [2.75, 3.05) is 6.61 Å². The largest absolute Gasteiger partial charge is 0.373 e. The van der Waals surface area contributed by atoms with Crippen LogP contribution in [0.4, 0.5) is 0 Å². The Morgan fingerprint density at radius 3 is 2.95 bits per heavy atom. The molecule has 0 radical (unpaired) electrons. The molecule has 3 rings (SSSR count). The molecule has 1 aliphatic carbocycles. The van der Waals surface area contributed by atoms with Crippen molar-refractivity contribution in [3.8, 4) is 0 Å². The predicted molar refractivity (Wildman–Crippen MR) is 73.8 cm³/mol. The number of rotatable bonds is 5. The maximum atomic E-state index is 12.1. The second-order valence-electron chi connectivity index (χ2n) is 5.76. The van der Waals surface area contributed by atoms with Crippen LogP contribution in [0.3, 0.4) is 0 Å². The van der Waals surface area contributed by atoms with Crippen LogP contribution < -0.4 is 5.73 Å². The zero-order valence-corrected chi connectivity index (χ0v) is 11.2. The van der Waals surface area contributed by atoms with Gasteiger partial charge in [-0.25, -0.2) is 0 Å². The molecule has 1 saturated carbocycles. The molecule has 1 aromatic carbocycles. The summed E-state index contributed by atoms with van der Waals surface area (Å²) in [5, 5.41) is 0. The summed E-state index contributed by atoms with van der Waals surface area (Å²) in [6, 6.07) is 8.33. The first kappa shape index (κ1) is 12.8. The molecule has 3 nitrogen and oxygen atoms in total. The van der Waals surface area contributed by atoms with E-state index in [2.05, 4.69) is 12.1 Å². The summed E-state index contributed by atoms with van der Waals surface area (Å²) in [7, 11) is 0. The van der Waals surface area contributed by atoms with Crippen molar-refractivity contribution in [2.24, 2.45) is 11.7 Å². The fraction of sp³-hybridized carbons (Fsp3) is 0.562. The smallest absolute Gasteiger partial charge is 0.137 e. The lowest BCUT2D eigenvalue weighted by Crippen LogP contribution is -2.27. The van der Waals surface area contributed by atoms with Gasteiger partial charge >= 0.3 is 0 Å². The predicted octanol–water partition coefficient (Wildman–Crippen LogP) is 2.39. The van der Waals surface area contributed by atoms with E-state index < -0.39 is 0 Å². The SMILES string of the molecule is NC(CC(=O)CC1OCCc2ccccc21)C1CC1. The Balaban J connectivity index is 1.62. The molecule has 0 saturated heterocycles. The number of ketones is 1. The van der Waals surface area contributed by atoms with Crippen LogP contribution in [-0.4, -0.2) is 18.4 Å². The highest BCUT2D eigenvalue weighted by atomic mass is 16.5. The maximum absolute atomic E-state index is 12.1. The summed E-state index contributed by atoms with van der Waals surface area (Å²) in [6.07, 6.45) is 4.24. The minimum Gasteiger partial charge on any atom is -0.373 e. The first-order valence-corrected chi connectivity index (χ1v) is 7.20.